The average Bonchev–Trinajstić information content (AvgIpc) is 2.06. The number of rotatable bonds is 3. The van der Waals surface area contributed by atoms with E-state index in [1.54, 1.807) is 6.20 Å². The molecule has 0 aromatic carbocycles. The van der Waals surface area contributed by atoms with Gasteiger partial charge in [-0.15, -0.1) is 0 Å². The summed E-state index contributed by atoms with van der Waals surface area (Å²) in [7, 11) is 1.95. The van der Waals surface area contributed by atoms with Gasteiger partial charge in [0.15, 0.2) is 0 Å². The summed E-state index contributed by atoms with van der Waals surface area (Å²) in [6.07, 6.45) is 2.62. The summed E-state index contributed by atoms with van der Waals surface area (Å²) in [5, 5.41) is 10.9. The molecule has 1 aromatic rings. The molecule has 0 aliphatic carbocycles. The Morgan fingerprint density at radius 3 is 3.00 bits per heavy atom. The normalized spacial score (nSPS) is 12.9. The van der Waals surface area contributed by atoms with E-state index in [0.717, 1.165) is 12.1 Å². The van der Waals surface area contributed by atoms with Crippen molar-refractivity contribution in [1.82, 2.24) is 15.5 Å². The van der Waals surface area contributed by atoms with Crippen LogP contribution in [0.15, 0.2) is 18.3 Å². The van der Waals surface area contributed by atoms with Crippen molar-refractivity contribution in [1.29, 1.82) is 0 Å². The Hall–Kier alpha value is -0.960. The summed E-state index contributed by atoms with van der Waals surface area (Å²) in [6.45, 7) is 2.12. The van der Waals surface area contributed by atoms with Crippen LogP contribution >= 0.6 is 0 Å². The molecule has 0 aliphatic heterocycles. The smallest absolute Gasteiger partial charge is 0.0646 e. The lowest BCUT2D eigenvalue weighted by molar-refractivity contribution is 0.596. The van der Waals surface area contributed by atoms with E-state index < -0.39 is 0 Å². The van der Waals surface area contributed by atoms with Crippen molar-refractivity contribution in [3.8, 4) is 0 Å². The first kappa shape index (κ1) is 8.14. The first-order valence-corrected chi connectivity index (χ1v) is 3.76. The summed E-state index contributed by atoms with van der Waals surface area (Å²) in [5.41, 5.74) is 1.04. The van der Waals surface area contributed by atoms with Crippen LogP contribution in [0.4, 0.5) is 0 Å². The number of nitrogens with one attached hydrogen (secondary N) is 1. The Morgan fingerprint density at radius 1 is 1.64 bits per heavy atom. The molecule has 3 nitrogen and oxygen atoms in total. The van der Waals surface area contributed by atoms with Gasteiger partial charge in [0, 0.05) is 18.7 Å². The second-order valence-corrected chi connectivity index (χ2v) is 2.61. The van der Waals surface area contributed by atoms with Crippen molar-refractivity contribution in [2.24, 2.45) is 0 Å². The Bertz CT molecular complexity index is 198. The van der Waals surface area contributed by atoms with Gasteiger partial charge in [0.25, 0.3) is 0 Å². The van der Waals surface area contributed by atoms with Crippen LogP contribution in [0, 0.1) is 0 Å². The lowest BCUT2D eigenvalue weighted by atomic mass is 10.2. The van der Waals surface area contributed by atoms with Crippen LogP contribution < -0.4 is 5.32 Å². The fourth-order valence-corrected chi connectivity index (χ4v) is 0.858. The fourth-order valence-electron chi connectivity index (χ4n) is 0.858. The van der Waals surface area contributed by atoms with E-state index in [1.807, 2.05) is 19.2 Å². The molecule has 0 fully saturated rings. The van der Waals surface area contributed by atoms with E-state index in [1.165, 1.54) is 0 Å². The van der Waals surface area contributed by atoms with Crippen LogP contribution in [0.1, 0.15) is 12.6 Å². The molecule has 3 heteroatoms. The molecule has 1 rings (SSSR count). The summed E-state index contributed by atoms with van der Waals surface area (Å²) in [6, 6.07) is 4.36. The van der Waals surface area contributed by atoms with Crippen molar-refractivity contribution >= 4 is 0 Å². The topological polar surface area (TPSA) is 37.8 Å². The van der Waals surface area contributed by atoms with Crippen LogP contribution in [0.2, 0.25) is 0 Å². The molecule has 1 atom stereocenters. The Kier molecular flexibility index (Phi) is 2.98. The molecule has 1 aromatic heterocycles. The largest absolute Gasteiger partial charge is 0.317 e. The zero-order valence-electron chi connectivity index (χ0n) is 6.91. The summed E-state index contributed by atoms with van der Waals surface area (Å²) < 4.78 is 0. The summed E-state index contributed by atoms with van der Waals surface area (Å²) in [5.74, 6) is 0. The second-order valence-electron chi connectivity index (χ2n) is 2.61. The highest BCUT2D eigenvalue weighted by Crippen LogP contribution is 1.95. The number of likely N-dealkylation sites (N-methyl/N-ethyl adjacent to an activating group) is 1. The van der Waals surface area contributed by atoms with Crippen LogP contribution in [-0.2, 0) is 6.42 Å². The van der Waals surface area contributed by atoms with Gasteiger partial charge in [0.05, 0.1) is 5.69 Å². The minimum atomic E-state index is 0.465. The van der Waals surface area contributed by atoms with Gasteiger partial charge in [-0.05, 0) is 26.1 Å². The Balaban J connectivity index is 2.51. The number of nitrogens with zero attached hydrogens (tertiary/aromatic N) is 2. The number of aromatic nitrogens is 2. The second kappa shape index (κ2) is 4.03. The molecule has 0 saturated carbocycles. The van der Waals surface area contributed by atoms with Gasteiger partial charge < -0.3 is 5.32 Å². The van der Waals surface area contributed by atoms with E-state index in [4.69, 9.17) is 0 Å². The molecule has 0 amide bonds. The zero-order chi connectivity index (χ0) is 8.10. The van der Waals surface area contributed by atoms with E-state index in [-0.39, 0.29) is 0 Å². The first-order chi connectivity index (χ1) is 5.33. The van der Waals surface area contributed by atoms with Gasteiger partial charge in [0.2, 0.25) is 0 Å². The predicted octanol–water partition coefficient (Wildman–Crippen LogP) is 0.627. The first-order valence-electron chi connectivity index (χ1n) is 3.76. The van der Waals surface area contributed by atoms with Crippen LogP contribution in [0.25, 0.3) is 0 Å². The quantitative estimate of drug-likeness (QED) is 0.688. The highest BCUT2D eigenvalue weighted by molar-refractivity contribution is 5.00. The maximum atomic E-state index is 3.98. The summed E-state index contributed by atoms with van der Waals surface area (Å²) in [4.78, 5) is 0. The van der Waals surface area contributed by atoms with E-state index in [0.29, 0.717) is 6.04 Å². The van der Waals surface area contributed by atoms with Crippen molar-refractivity contribution in [3.63, 3.8) is 0 Å². The van der Waals surface area contributed by atoms with Crippen molar-refractivity contribution in [2.45, 2.75) is 19.4 Å². The number of hydrogen-bond acceptors (Lipinski definition) is 3. The van der Waals surface area contributed by atoms with Gasteiger partial charge in [-0.2, -0.15) is 10.2 Å². The maximum Gasteiger partial charge on any atom is 0.0646 e. The predicted molar refractivity (Wildman–Crippen MR) is 44.3 cm³/mol. The molecule has 0 radical (unpaired) electrons. The molecule has 11 heavy (non-hydrogen) atoms. The fraction of sp³-hybridized carbons (Fsp3) is 0.500. The van der Waals surface area contributed by atoms with Crippen molar-refractivity contribution < 1.29 is 0 Å². The van der Waals surface area contributed by atoms with Gasteiger partial charge >= 0.3 is 0 Å². The molecule has 0 saturated heterocycles. The van der Waals surface area contributed by atoms with Crippen LogP contribution in [0.5, 0.6) is 0 Å². The third kappa shape index (κ3) is 2.63. The van der Waals surface area contributed by atoms with Crippen molar-refractivity contribution in [2.75, 3.05) is 7.05 Å². The zero-order valence-corrected chi connectivity index (χ0v) is 6.91. The number of hydrogen-bond donors (Lipinski definition) is 1. The SMILES string of the molecule is CNC(C)Cc1cccnn1. The minimum Gasteiger partial charge on any atom is -0.317 e. The van der Waals surface area contributed by atoms with Gasteiger partial charge in [-0.25, -0.2) is 0 Å². The van der Waals surface area contributed by atoms with Crippen LogP contribution in [-0.4, -0.2) is 23.3 Å². The molecule has 0 bridgehead atoms. The van der Waals surface area contributed by atoms with E-state index in [2.05, 4.69) is 22.4 Å². The van der Waals surface area contributed by atoms with Gasteiger partial charge in [-0.1, -0.05) is 0 Å². The monoisotopic (exact) mass is 151 g/mol. The lowest BCUT2D eigenvalue weighted by Gasteiger charge is -2.07. The van der Waals surface area contributed by atoms with Gasteiger partial charge in [-0.3, -0.25) is 0 Å². The highest BCUT2D eigenvalue weighted by Gasteiger charge is 1.99. The molecule has 1 heterocycles. The molecule has 1 unspecified atom stereocenters. The van der Waals surface area contributed by atoms with Crippen LogP contribution in [0.3, 0.4) is 0 Å². The molecule has 0 aliphatic rings. The summed E-state index contributed by atoms with van der Waals surface area (Å²) >= 11 is 0. The Labute approximate surface area is 66.8 Å². The third-order valence-electron chi connectivity index (χ3n) is 1.64. The minimum absolute atomic E-state index is 0.465. The highest BCUT2D eigenvalue weighted by atomic mass is 15.1. The standard InChI is InChI=1S/C8H13N3/c1-7(9-2)6-8-4-3-5-10-11-8/h3-5,7,9H,6H2,1-2H3. The Morgan fingerprint density at radius 2 is 2.45 bits per heavy atom. The van der Waals surface area contributed by atoms with Crippen molar-refractivity contribution in [3.05, 3.63) is 24.0 Å². The molecule has 1 N–H and O–H groups in total. The third-order valence-corrected chi connectivity index (χ3v) is 1.64. The van der Waals surface area contributed by atoms with E-state index >= 15 is 0 Å². The maximum absolute atomic E-state index is 3.98. The molecule has 0 spiro atoms. The van der Waals surface area contributed by atoms with E-state index in [9.17, 15) is 0 Å². The molecular weight excluding hydrogens is 138 g/mol. The lowest BCUT2D eigenvalue weighted by Crippen LogP contribution is -2.24. The van der Waals surface area contributed by atoms with Gasteiger partial charge in [0.1, 0.15) is 0 Å². The molecular formula is C8H13N3. The average molecular weight is 151 g/mol. The molecule has 60 valence electrons.